The first-order valence-corrected chi connectivity index (χ1v) is 9.60. The van der Waals surface area contributed by atoms with Crippen molar-refractivity contribution in [2.45, 2.75) is 44.4 Å². The van der Waals surface area contributed by atoms with Crippen molar-refractivity contribution in [1.29, 1.82) is 0 Å². The van der Waals surface area contributed by atoms with Crippen LogP contribution in [0.15, 0.2) is 6.07 Å². The zero-order chi connectivity index (χ0) is 17.2. The van der Waals surface area contributed by atoms with E-state index in [9.17, 15) is 0 Å². The van der Waals surface area contributed by atoms with E-state index in [-0.39, 0.29) is 0 Å². The molecule has 4 rings (SSSR count). The van der Waals surface area contributed by atoms with E-state index in [4.69, 9.17) is 14.8 Å². The third-order valence-electron chi connectivity index (χ3n) is 5.39. The first-order chi connectivity index (χ1) is 12.2. The van der Waals surface area contributed by atoms with E-state index in [1.807, 2.05) is 0 Å². The number of rotatable bonds is 5. The van der Waals surface area contributed by atoms with Crippen LogP contribution < -0.4 is 5.32 Å². The van der Waals surface area contributed by atoms with Gasteiger partial charge in [-0.25, -0.2) is 4.98 Å². The predicted octanol–water partition coefficient (Wildman–Crippen LogP) is 2.48. The quantitative estimate of drug-likeness (QED) is 0.904. The molecule has 25 heavy (non-hydrogen) atoms. The number of fused-ring (bicyclic) bond motifs is 2. The third-order valence-corrected chi connectivity index (χ3v) is 5.39. The summed E-state index contributed by atoms with van der Waals surface area (Å²) in [4.78, 5) is 7.16. The van der Waals surface area contributed by atoms with Gasteiger partial charge in [0.2, 0.25) is 0 Å². The molecule has 1 N–H and O–H groups in total. The second-order valence-corrected chi connectivity index (χ2v) is 7.55. The number of nitrogens with zero attached hydrogens (tertiary/aromatic N) is 4. The summed E-state index contributed by atoms with van der Waals surface area (Å²) < 4.78 is 7.57. The summed E-state index contributed by atoms with van der Waals surface area (Å²) >= 11 is 0. The monoisotopic (exact) mass is 343 g/mol. The second kappa shape index (κ2) is 7.30. The number of hydrogen-bond acceptors (Lipinski definition) is 5. The van der Waals surface area contributed by atoms with Crippen molar-refractivity contribution in [2.24, 2.45) is 0 Å². The Morgan fingerprint density at radius 2 is 2.04 bits per heavy atom. The van der Waals surface area contributed by atoms with E-state index in [0.717, 1.165) is 57.6 Å². The molecule has 136 valence electrons. The van der Waals surface area contributed by atoms with Gasteiger partial charge in [0.25, 0.3) is 0 Å². The highest BCUT2D eigenvalue weighted by molar-refractivity contribution is 5.57. The molecule has 1 aliphatic heterocycles. The fourth-order valence-corrected chi connectivity index (χ4v) is 3.94. The van der Waals surface area contributed by atoms with E-state index in [1.54, 1.807) is 0 Å². The number of aromatic nitrogens is 3. The van der Waals surface area contributed by atoms with Gasteiger partial charge in [-0.3, -0.25) is 0 Å². The van der Waals surface area contributed by atoms with E-state index in [1.165, 1.54) is 35.6 Å². The average Bonchev–Trinajstić information content (AvgIpc) is 3.05. The normalized spacial score (nSPS) is 18.7. The lowest BCUT2D eigenvalue weighted by Crippen LogP contribution is -2.23. The molecule has 6 nitrogen and oxygen atoms in total. The van der Waals surface area contributed by atoms with Crippen LogP contribution in [0.3, 0.4) is 0 Å². The van der Waals surface area contributed by atoms with Gasteiger partial charge >= 0.3 is 0 Å². The third kappa shape index (κ3) is 3.51. The molecule has 1 aliphatic carbocycles. The van der Waals surface area contributed by atoms with Crippen molar-refractivity contribution >= 4 is 11.5 Å². The zero-order valence-corrected chi connectivity index (χ0v) is 15.4. The van der Waals surface area contributed by atoms with Crippen LogP contribution in [0.25, 0.3) is 5.65 Å². The molecule has 6 heteroatoms. The fraction of sp³-hybridized carbons (Fsp3) is 0.684. The van der Waals surface area contributed by atoms with Crippen LogP contribution >= 0.6 is 0 Å². The molecule has 2 aromatic heterocycles. The number of anilines is 1. The van der Waals surface area contributed by atoms with E-state index in [2.05, 4.69) is 34.9 Å². The lowest BCUT2D eigenvalue weighted by atomic mass is 9.96. The maximum Gasteiger partial charge on any atom is 0.157 e. The minimum atomic E-state index is 0.502. The van der Waals surface area contributed by atoms with Gasteiger partial charge in [-0.2, -0.15) is 9.61 Å². The molecule has 0 amide bonds. The molecule has 1 saturated heterocycles. The van der Waals surface area contributed by atoms with Gasteiger partial charge in [0.05, 0.1) is 5.69 Å². The number of ether oxygens (including phenoxy) is 1. The first kappa shape index (κ1) is 16.8. The zero-order valence-electron chi connectivity index (χ0n) is 15.4. The van der Waals surface area contributed by atoms with Crippen molar-refractivity contribution in [3.05, 3.63) is 23.0 Å². The molecular weight excluding hydrogens is 314 g/mol. The smallest absolute Gasteiger partial charge is 0.157 e. The topological polar surface area (TPSA) is 54.7 Å². The summed E-state index contributed by atoms with van der Waals surface area (Å²) in [5.74, 6) is 1.67. The lowest BCUT2D eigenvalue weighted by molar-refractivity contribution is 0.0844. The molecule has 2 aromatic rings. The fourth-order valence-electron chi connectivity index (χ4n) is 3.94. The van der Waals surface area contributed by atoms with Gasteiger partial charge in [0, 0.05) is 49.5 Å². The van der Waals surface area contributed by atoms with E-state index < -0.39 is 0 Å². The van der Waals surface area contributed by atoms with Gasteiger partial charge in [-0.1, -0.05) is 0 Å². The van der Waals surface area contributed by atoms with Crippen molar-refractivity contribution in [2.75, 3.05) is 45.7 Å². The first-order valence-electron chi connectivity index (χ1n) is 9.60. The summed E-state index contributed by atoms with van der Waals surface area (Å²) in [5.41, 5.74) is 4.81. The molecule has 0 radical (unpaired) electrons. The highest BCUT2D eigenvalue weighted by Gasteiger charge is 2.23. The molecule has 0 unspecified atom stereocenters. The Morgan fingerprint density at radius 3 is 2.84 bits per heavy atom. The Morgan fingerprint density at radius 1 is 1.24 bits per heavy atom. The molecule has 0 spiro atoms. The average molecular weight is 343 g/mol. The maximum atomic E-state index is 5.51. The molecular formula is C19H29N5O. The Kier molecular flexibility index (Phi) is 4.90. The number of nitrogens with one attached hydrogen (secondary N) is 1. The van der Waals surface area contributed by atoms with Gasteiger partial charge < -0.3 is 15.0 Å². The summed E-state index contributed by atoms with van der Waals surface area (Å²) in [7, 11) is 4.22. The molecule has 0 saturated carbocycles. The van der Waals surface area contributed by atoms with Crippen LogP contribution in [0.2, 0.25) is 0 Å². The number of likely N-dealkylation sites (N-methyl/N-ethyl adjacent to an activating group) is 1. The van der Waals surface area contributed by atoms with Crippen molar-refractivity contribution in [3.8, 4) is 0 Å². The van der Waals surface area contributed by atoms with Crippen molar-refractivity contribution < 1.29 is 4.74 Å². The van der Waals surface area contributed by atoms with Gasteiger partial charge in [0.1, 0.15) is 5.82 Å². The number of hydrogen-bond donors (Lipinski definition) is 1. The standard InChI is InChI=1S/C19H29N5O/c1-23(2)10-9-20-19-15-5-3-4-6-16(15)21-18-13-17(22-24(18)19)14-7-11-25-12-8-14/h13-14,20H,3-12H2,1-2H3. The maximum absolute atomic E-state index is 5.51. The molecule has 0 aromatic carbocycles. The molecule has 0 atom stereocenters. The second-order valence-electron chi connectivity index (χ2n) is 7.55. The summed E-state index contributed by atoms with van der Waals surface area (Å²) in [5, 5.41) is 8.62. The molecule has 1 fully saturated rings. The minimum Gasteiger partial charge on any atom is -0.381 e. The summed E-state index contributed by atoms with van der Waals surface area (Å²) in [6.45, 7) is 3.62. The Hall–Kier alpha value is -1.66. The van der Waals surface area contributed by atoms with Crippen LogP contribution in [-0.4, -0.2) is 59.9 Å². The van der Waals surface area contributed by atoms with Crippen LogP contribution in [0.4, 0.5) is 5.82 Å². The SMILES string of the molecule is CN(C)CCNc1c2c(nc3cc(C4CCOCC4)nn13)CCCC2. The molecule has 3 heterocycles. The highest BCUT2D eigenvalue weighted by Crippen LogP contribution is 2.31. The summed E-state index contributed by atoms with van der Waals surface area (Å²) in [6.07, 6.45) is 6.81. The largest absolute Gasteiger partial charge is 0.381 e. The van der Waals surface area contributed by atoms with Gasteiger partial charge in [-0.15, -0.1) is 0 Å². The highest BCUT2D eigenvalue weighted by atomic mass is 16.5. The summed E-state index contributed by atoms with van der Waals surface area (Å²) in [6, 6.07) is 2.20. The van der Waals surface area contributed by atoms with Crippen LogP contribution in [0, 0.1) is 0 Å². The van der Waals surface area contributed by atoms with Crippen molar-refractivity contribution in [1.82, 2.24) is 19.5 Å². The lowest BCUT2D eigenvalue weighted by Gasteiger charge is -2.21. The molecule has 2 aliphatic rings. The predicted molar refractivity (Wildman–Crippen MR) is 99.5 cm³/mol. The minimum absolute atomic E-state index is 0.502. The van der Waals surface area contributed by atoms with E-state index >= 15 is 0 Å². The Bertz CT molecular complexity index is 733. The molecule has 0 bridgehead atoms. The van der Waals surface area contributed by atoms with Crippen LogP contribution in [-0.2, 0) is 17.6 Å². The van der Waals surface area contributed by atoms with E-state index in [0.29, 0.717) is 5.92 Å². The van der Waals surface area contributed by atoms with Crippen molar-refractivity contribution in [3.63, 3.8) is 0 Å². The van der Waals surface area contributed by atoms with Gasteiger partial charge in [-0.05, 0) is 52.6 Å². The van der Waals surface area contributed by atoms with Crippen LogP contribution in [0.5, 0.6) is 0 Å². The van der Waals surface area contributed by atoms with Gasteiger partial charge in [0.15, 0.2) is 5.65 Å². The Labute approximate surface area is 149 Å². The van der Waals surface area contributed by atoms with Crippen LogP contribution in [0.1, 0.15) is 48.6 Å². The Balaban J connectivity index is 1.71. The number of aryl methyl sites for hydroxylation is 1.